The average Bonchev–Trinajstić information content (AvgIpc) is 2.54. The van der Waals surface area contributed by atoms with Crippen molar-refractivity contribution in [3.63, 3.8) is 0 Å². The standard InChI is InChI=1S/C11H18BrNO2S2/c1-5-9(7(2)3)13-17(14,15)10-6-11(12)16-8(10)4/h6-7,9,13H,5H2,1-4H3. The molecule has 1 N–H and O–H groups in total. The lowest BCUT2D eigenvalue weighted by Gasteiger charge is -2.20. The van der Waals surface area contributed by atoms with Crippen molar-refractivity contribution >= 4 is 37.3 Å². The normalized spacial score (nSPS) is 14.2. The van der Waals surface area contributed by atoms with E-state index in [0.29, 0.717) is 4.90 Å². The maximum atomic E-state index is 12.2. The molecule has 0 spiro atoms. The van der Waals surface area contributed by atoms with E-state index in [1.807, 2.05) is 27.7 Å². The number of hydrogen-bond acceptors (Lipinski definition) is 3. The Morgan fingerprint density at radius 3 is 2.41 bits per heavy atom. The monoisotopic (exact) mass is 339 g/mol. The van der Waals surface area contributed by atoms with E-state index in [2.05, 4.69) is 20.7 Å². The third-order valence-corrected chi connectivity index (χ3v) is 5.98. The summed E-state index contributed by atoms with van der Waals surface area (Å²) in [5, 5.41) is 0. The van der Waals surface area contributed by atoms with Crippen molar-refractivity contribution in [2.75, 3.05) is 0 Å². The minimum absolute atomic E-state index is 0.0157. The van der Waals surface area contributed by atoms with Crippen molar-refractivity contribution in [2.24, 2.45) is 5.92 Å². The molecule has 3 nitrogen and oxygen atoms in total. The van der Waals surface area contributed by atoms with E-state index >= 15 is 0 Å². The summed E-state index contributed by atoms with van der Waals surface area (Å²) in [6.07, 6.45) is 0.793. The summed E-state index contributed by atoms with van der Waals surface area (Å²) < 4.78 is 28.0. The number of nitrogens with one attached hydrogen (secondary N) is 1. The maximum Gasteiger partial charge on any atom is 0.241 e. The van der Waals surface area contributed by atoms with Gasteiger partial charge in [-0.15, -0.1) is 11.3 Å². The Labute approximate surface area is 116 Å². The van der Waals surface area contributed by atoms with Crippen LogP contribution in [0.1, 0.15) is 32.1 Å². The fraction of sp³-hybridized carbons (Fsp3) is 0.636. The first kappa shape index (κ1) is 15.1. The molecule has 0 amide bonds. The Balaban J connectivity index is 3.00. The van der Waals surface area contributed by atoms with Crippen LogP contribution in [0.4, 0.5) is 0 Å². The molecule has 6 heteroatoms. The molecule has 0 fully saturated rings. The number of rotatable bonds is 5. The Kier molecular flexibility index (Phi) is 5.19. The Morgan fingerprint density at radius 1 is 1.47 bits per heavy atom. The van der Waals surface area contributed by atoms with Crippen molar-refractivity contribution in [2.45, 2.75) is 45.1 Å². The summed E-state index contributed by atoms with van der Waals surface area (Å²) >= 11 is 4.75. The van der Waals surface area contributed by atoms with Gasteiger partial charge in [0.15, 0.2) is 0 Å². The Hall–Kier alpha value is 0.0900. The van der Waals surface area contributed by atoms with E-state index in [1.54, 1.807) is 6.07 Å². The van der Waals surface area contributed by atoms with Gasteiger partial charge in [-0.1, -0.05) is 20.8 Å². The minimum Gasteiger partial charge on any atom is -0.208 e. The largest absolute Gasteiger partial charge is 0.241 e. The second-order valence-electron chi connectivity index (χ2n) is 4.35. The minimum atomic E-state index is -3.40. The van der Waals surface area contributed by atoms with Gasteiger partial charge >= 0.3 is 0 Å². The Morgan fingerprint density at radius 2 is 2.06 bits per heavy atom. The highest BCUT2D eigenvalue weighted by atomic mass is 79.9. The molecule has 0 aliphatic heterocycles. The number of halogens is 1. The van der Waals surface area contributed by atoms with Crippen LogP contribution < -0.4 is 4.72 Å². The molecule has 1 unspecified atom stereocenters. The smallest absolute Gasteiger partial charge is 0.208 e. The van der Waals surface area contributed by atoms with Gasteiger partial charge in [0, 0.05) is 10.9 Å². The van der Waals surface area contributed by atoms with Gasteiger partial charge in [0.2, 0.25) is 10.0 Å². The molecule has 1 rings (SSSR count). The topological polar surface area (TPSA) is 46.2 Å². The summed E-state index contributed by atoms with van der Waals surface area (Å²) in [5.74, 6) is 0.289. The lowest BCUT2D eigenvalue weighted by atomic mass is 10.0. The van der Waals surface area contributed by atoms with Crippen molar-refractivity contribution in [1.82, 2.24) is 4.72 Å². The molecule has 0 saturated heterocycles. The van der Waals surface area contributed by atoms with Crippen LogP contribution in [0.5, 0.6) is 0 Å². The molecule has 1 aromatic rings. The van der Waals surface area contributed by atoms with E-state index in [0.717, 1.165) is 15.1 Å². The molecule has 17 heavy (non-hydrogen) atoms. The van der Waals surface area contributed by atoms with Crippen molar-refractivity contribution in [1.29, 1.82) is 0 Å². The van der Waals surface area contributed by atoms with E-state index in [1.165, 1.54) is 11.3 Å². The molecular weight excluding hydrogens is 322 g/mol. The second kappa shape index (κ2) is 5.82. The molecule has 1 aromatic heterocycles. The van der Waals surface area contributed by atoms with Gasteiger partial charge in [-0.2, -0.15) is 0 Å². The van der Waals surface area contributed by atoms with Gasteiger partial charge in [-0.05, 0) is 41.3 Å². The molecule has 0 aromatic carbocycles. The molecular formula is C11H18BrNO2S2. The van der Waals surface area contributed by atoms with E-state index in [-0.39, 0.29) is 12.0 Å². The van der Waals surface area contributed by atoms with Gasteiger partial charge in [0.1, 0.15) is 0 Å². The van der Waals surface area contributed by atoms with Crippen LogP contribution in [0.2, 0.25) is 0 Å². The highest BCUT2D eigenvalue weighted by molar-refractivity contribution is 9.11. The van der Waals surface area contributed by atoms with Crippen LogP contribution in [0, 0.1) is 12.8 Å². The van der Waals surface area contributed by atoms with Crippen molar-refractivity contribution in [3.05, 3.63) is 14.7 Å². The highest BCUT2D eigenvalue weighted by Gasteiger charge is 2.24. The predicted octanol–water partition coefficient (Wildman–Crippen LogP) is 3.53. The molecule has 0 radical (unpaired) electrons. The van der Waals surface area contributed by atoms with Crippen molar-refractivity contribution in [3.8, 4) is 0 Å². The van der Waals surface area contributed by atoms with Gasteiger partial charge in [0.25, 0.3) is 0 Å². The van der Waals surface area contributed by atoms with Gasteiger partial charge in [-0.25, -0.2) is 13.1 Å². The van der Waals surface area contributed by atoms with Crippen LogP contribution in [0.3, 0.4) is 0 Å². The first-order valence-corrected chi connectivity index (χ1v) is 8.65. The van der Waals surface area contributed by atoms with Gasteiger partial charge < -0.3 is 0 Å². The van der Waals surface area contributed by atoms with Crippen LogP contribution in [0.25, 0.3) is 0 Å². The van der Waals surface area contributed by atoms with E-state index < -0.39 is 10.0 Å². The maximum absolute atomic E-state index is 12.2. The lowest BCUT2D eigenvalue weighted by molar-refractivity contribution is 0.437. The zero-order valence-corrected chi connectivity index (χ0v) is 13.7. The summed E-state index contributed by atoms with van der Waals surface area (Å²) in [7, 11) is -3.40. The SMILES string of the molecule is CCC(NS(=O)(=O)c1cc(Br)sc1C)C(C)C. The first-order valence-electron chi connectivity index (χ1n) is 5.56. The number of hydrogen-bond donors (Lipinski definition) is 1. The third-order valence-electron chi connectivity index (χ3n) is 2.68. The zero-order valence-electron chi connectivity index (χ0n) is 10.5. The molecule has 1 atom stereocenters. The number of sulfonamides is 1. The number of aryl methyl sites for hydroxylation is 1. The van der Waals surface area contributed by atoms with E-state index in [9.17, 15) is 8.42 Å². The lowest BCUT2D eigenvalue weighted by Crippen LogP contribution is -2.38. The molecule has 0 aliphatic carbocycles. The second-order valence-corrected chi connectivity index (χ2v) is 8.67. The molecule has 0 saturated carbocycles. The summed E-state index contributed by atoms with van der Waals surface area (Å²) in [4.78, 5) is 1.19. The summed E-state index contributed by atoms with van der Waals surface area (Å²) in [5.41, 5.74) is 0. The molecule has 0 aliphatic rings. The molecule has 1 heterocycles. The average molecular weight is 340 g/mol. The molecule has 0 bridgehead atoms. The van der Waals surface area contributed by atoms with Gasteiger partial charge in [0.05, 0.1) is 8.68 Å². The fourth-order valence-electron chi connectivity index (χ4n) is 1.65. The highest BCUT2D eigenvalue weighted by Crippen LogP contribution is 2.29. The van der Waals surface area contributed by atoms with Gasteiger partial charge in [-0.3, -0.25) is 0 Å². The predicted molar refractivity (Wildman–Crippen MR) is 76.0 cm³/mol. The van der Waals surface area contributed by atoms with Crippen LogP contribution in [-0.4, -0.2) is 14.5 Å². The first-order chi connectivity index (χ1) is 7.77. The van der Waals surface area contributed by atoms with Crippen LogP contribution in [0.15, 0.2) is 14.7 Å². The van der Waals surface area contributed by atoms with Crippen LogP contribution in [-0.2, 0) is 10.0 Å². The number of thiophene rings is 1. The van der Waals surface area contributed by atoms with Crippen molar-refractivity contribution < 1.29 is 8.42 Å². The summed E-state index contributed by atoms with van der Waals surface area (Å²) in [6, 6.07) is 1.65. The summed E-state index contributed by atoms with van der Waals surface area (Å²) in [6.45, 7) is 7.85. The molecule has 98 valence electrons. The Bertz CT molecular complexity index is 480. The van der Waals surface area contributed by atoms with Crippen LogP contribution >= 0.6 is 27.3 Å². The third kappa shape index (κ3) is 3.77. The van der Waals surface area contributed by atoms with E-state index in [4.69, 9.17) is 0 Å². The fourth-order valence-corrected chi connectivity index (χ4v) is 5.53. The zero-order chi connectivity index (χ0) is 13.2. The quantitative estimate of drug-likeness (QED) is 0.891.